The highest BCUT2D eigenvalue weighted by molar-refractivity contribution is 5.79. The van der Waals surface area contributed by atoms with Crippen LogP contribution in [0.3, 0.4) is 0 Å². The minimum absolute atomic E-state index is 0.497. The molecule has 2 N–H and O–H groups in total. The van der Waals surface area contributed by atoms with Gasteiger partial charge in [-0.2, -0.15) is 0 Å². The minimum atomic E-state index is 0.497. The highest BCUT2D eigenvalue weighted by atomic mass is 15.2. The summed E-state index contributed by atoms with van der Waals surface area (Å²) in [5.74, 6) is 2.57. The number of rotatable bonds is 8. The Labute approximate surface area is 137 Å². The summed E-state index contributed by atoms with van der Waals surface area (Å²) in [7, 11) is 1.88. The first kappa shape index (κ1) is 17.6. The lowest BCUT2D eigenvalue weighted by Gasteiger charge is -2.20. The van der Waals surface area contributed by atoms with Gasteiger partial charge in [-0.3, -0.25) is 4.99 Å². The Hall–Kier alpha value is -0.770. The normalized spacial score (nSPS) is 24.8. The monoisotopic (exact) mass is 308 g/mol. The van der Waals surface area contributed by atoms with Gasteiger partial charge in [-0.05, 0) is 51.0 Å². The van der Waals surface area contributed by atoms with Gasteiger partial charge in [0.1, 0.15) is 0 Å². The van der Waals surface area contributed by atoms with E-state index in [-0.39, 0.29) is 0 Å². The van der Waals surface area contributed by atoms with Crippen LogP contribution < -0.4 is 10.6 Å². The van der Waals surface area contributed by atoms with Crippen molar-refractivity contribution in [1.82, 2.24) is 15.5 Å². The molecule has 0 aromatic carbocycles. The summed E-state index contributed by atoms with van der Waals surface area (Å²) in [6.45, 7) is 10.5. The molecule has 4 heteroatoms. The van der Waals surface area contributed by atoms with E-state index in [1.54, 1.807) is 0 Å². The molecule has 0 spiro atoms. The van der Waals surface area contributed by atoms with Crippen LogP contribution in [0.4, 0.5) is 0 Å². The van der Waals surface area contributed by atoms with E-state index >= 15 is 0 Å². The Morgan fingerprint density at radius 2 is 1.95 bits per heavy atom. The van der Waals surface area contributed by atoms with Crippen LogP contribution in [-0.4, -0.2) is 49.6 Å². The molecule has 2 atom stereocenters. The van der Waals surface area contributed by atoms with Crippen LogP contribution in [0.5, 0.6) is 0 Å². The highest BCUT2D eigenvalue weighted by Gasteiger charge is 2.34. The summed E-state index contributed by atoms with van der Waals surface area (Å²) in [5.41, 5.74) is 0. The Balaban J connectivity index is 1.60. The van der Waals surface area contributed by atoms with Crippen molar-refractivity contribution < 1.29 is 0 Å². The quantitative estimate of drug-likeness (QED) is 0.535. The molecule has 0 radical (unpaired) electrons. The Morgan fingerprint density at radius 1 is 1.18 bits per heavy atom. The molecule has 4 nitrogen and oxygen atoms in total. The molecule has 1 saturated heterocycles. The van der Waals surface area contributed by atoms with Crippen LogP contribution in [-0.2, 0) is 0 Å². The van der Waals surface area contributed by atoms with Gasteiger partial charge in [0.2, 0.25) is 0 Å². The third-order valence-corrected chi connectivity index (χ3v) is 4.96. The molecule has 1 saturated carbocycles. The first-order valence-electron chi connectivity index (χ1n) is 9.29. The molecule has 1 aliphatic heterocycles. The maximum atomic E-state index is 4.38. The first-order chi connectivity index (χ1) is 10.6. The van der Waals surface area contributed by atoms with E-state index in [0.29, 0.717) is 6.04 Å². The van der Waals surface area contributed by atoms with Crippen molar-refractivity contribution in [2.45, 2.75) is 71.4 Å². The Morgan fingerprint density at radius 3 is 2.59 bits per heavy atom. The van der Waals surface area contributed by atoms with Crippen LogP contribution in [0.25, 0.3) is 0 Å². The molecule has 1 aliphatic carbocycles. The zero-order valence-electron chi connectivity index (χ0n) is 15.1. The van der Waals surface area contributed by atoms with E-state index in [9.17, 15) is 0 Å². The van der Waals surface area contributed by atoms with Gasteiger partial charge in [-0.25, -0.2) is 0 Å². The SMILES string of the molecule is CN=C(NCC1CCN(C2CC2)C1)NC(C)CCCC(C)C. The molecule has 0 amide bonds. The molecular formula is C18H36N4. The van der Waals surface area contributed by atoms with Gasteiger partial charge in [0.15, 0.2) is 5.96 Å². The van der Waals surface area contributed by atoms with E-state index in [2.05, 4.69) is 41.3 Å². The molecule has 2 rings (SSSR count). The van der Waals surface area contributed by atoms with Gasteiger partial charge in [0.05, 0.1) is 0 Å². The van der Waals surface area contributed by atoms with Gasteiger partial charge >= 0.3 is 0 Å². The molecule has 1 heterocycles. The van der Waals surface area contributed by atoms with E-state index in [1.807, 2.05) is 7.05 Å². The summed E-state index contributed by atoms with van der Waals surface area (Å²) in [4.78, 5) is 7.06. The maximum absolute atomic E-state index is 4.38. The summed E-state index contributed by atoms with van der Waals surface area (Å²) in [6.07, 6.45) is 8.02. The van der Waals surface area contributed by atoms with Crippen molar-refractivity contribution in [2.24, 2.45) is 16.8 Å². The van der Waals surface area contributed by atoms with Gasteiger partial charge in [-0.1, -0.05) is 26.7 Å². The fourth-order valence-corrected chi connectivity index (χ4v) is 3.37. The molecule has 2 aliphatic rings. The summed E-state index contributed by atoms with van der Waals surface area (Å²) < 4.78 is 0. The minimum Gasteiger partial charge on any atom is -0.356 e. The maximum Gasteiger partial charge on any atom is 0.191 e. The van der Waals surface area contributed by atoms with Gasteiger partial charge in [0, 0.05) is 32.2 Å². The van der Waals surface area contributed by atoms with Crippen LogP contribution in [0.2, 0.25) is 0 Å². The second-order valence-electron chi connectivity index (χ2n) is 7.70. The predicted molar refractivity (Wildman–Crippen MR) is 95.4 cm³/mol. The van der Waals surface area contributed by atoms with E-state index in [1.165, 1.54) is 51.6 Å². The number of nitrogens with zero attached hydrogens (tertiary/aromatic N) is 2. The summed E-state index contributed by atoms with van der Waals surface area (Å²) in [6, 6.07) is 1.42. The standard InChI is InChI=1S/C18H36N4/c1-14(2)6-5-7-15(3)21-18(19-4)20-12-16-10-11-22(13-16)17-8-9-17/h14-17H,5-13H2,1-4H3,(H2,19,20,21). The van der Waals surface area contributed by atoms with Crippen LogP contribution in [0.1, 0.15) is 59.3 Å². The fourth-order valence-electron chi connectivity index (χ4n) is 3.37. The van der Waals surface area contributed by atoms with Gasteiger partial charge in [-0.15, -0.1) is 0 Å². The molecule has 0 aromatic rings. The van der Waals surface area contributed by atoms with Crippen molar-refractivity contribution in [2.75, 3.05) is 26.7 Å². The zero-order chi connectivity index (χ0) is 15.9. The van der Waals surface area contributed by atoms with Crippen molar-refractivity contribution in [3.63, 3.8) is 0 Å². The molecule has 128 valence electrons. The lowest BCUT2D eigenvalue weighted by molar-refractivity contribution is 0.314. The number of aliphatic imine (C=N–C) groups is 1. The lowest BCUT2D eigenvalue weighted by atomic mass is 10.0. The van der Waals surface area contributed by atoms with Gasteiger partial charge < -0.3 is 15.5 Å². The number of hydrogen-bond acceptors (Lipinski definition) is 2. The number of guanidine groups is 1. The van der Waals surface area contributed by atoms with Crippen LogP contribution in [0, 0.1) is 11.8 Å². The average Bonchev–Trinajstić information content (AvgIpc) is 3.22. The van der Waals surface area contributed by atoms with Crippen molar-refractivity contribution >= 4 is 5.96 Å². The molecule has 2 fully saturated rings. The van der Waals surface area contributed by atoms with Crippen molar-refractivity contribution in [3.05, 3.63) is 0 Å². The predicted octanol–water partition coefficient (Wildman–Crippen LogP) is 2.85. The molecule has 22 heavy (non-hydrogen) atoms. The number of nitrogens with one attached hydrogen (secondary N) is 2. The Bertz CT molecular complexity index is 349. The molecule has 2 unspecified atom stereocenters. The van der Waals surface area contributed by atoms with Crippen LogP contribution >= 0.6 is 0 Å². The smallest absolute Gasteiger partial charge is 0.191 e. The second-order valence-corrected chi connectivity index (χ2v) is 7.70. The Kier molecular flexibility index (Phi) is 7.00. The summed E-state index contributed by atoms with van der Waals surface area (Å²) in [5, 5.41) is 7.07. The zero-order valence-corrected chi connectivity index (χ0v) is 15.1. The third-order valence-electron chi connectivity index (χ3n) is 4.96. The fraction of sp³-hybridized carbons (Fsp3) is 0.944. The third kappa shape index (κ3) is 6.15. The van der Waals surface area contributed by atoms with E-state index in [0.717, 1.165) is 30.4 Å². The number of likely N-dealkylation sites (tertiary alicyclic amines) is 1. The van der Waals surface area contributed by atoms with Crippen molar-refractivity contribution in [1.29, 1.82) is 0 Å². The molecule has 0 bridgehead atoms. The average molecular weight is 309 g/mol. The summed E-state index contributed by atoms with van der Waals surface area (Å²) >= 11 is 0. The van der Waals surface area contributed by atoms with E-state index < -0.39 is 0 Å². The van der Waals surface area contributed by atoms with E-state index in [4.69, 9.17) is 0 Å². The lowest BCUT2D eigenvalue weighted by Crippen LogP contribution is -2.44. The van der Waals surface area contributed by atoms with Crippen LogP contribution in [0.15, 0.2) is 4.99 Å². The van der Waals surface area contributed by atoms with Gasteiger partial charge in [0.25, 0.3) is 0 Å². The highest BCUT2D eigenvalue weighted by Crippen LogP contribution is 2.31. The largest absolute Gasteiger partial charge is 0.356 e. The van der Waals surface area contributed by atoms with Crippen molar-refractivity contribution in [3.8, 4) is 0 Å². The molecule has 0 aromatic heterocycles. The molecular weight excluding hydrogens is 272 g/mol. The first-order valence-corrected chi connectivity index (χ1v) is 9.29. The number of hydrogen-bond donors (Lipinski definition) is 2. The topological polar surface area (TPSA) is 39.7 Å². The second kappa shape index (κ2) is 8.76.